The zero-order chi connectivity index (χ0) is 12.1. The van der Waals surface area contributed by atoms with E-state index in [-0.39, 0.29) is 0 Å². The molecule has 0 amide bonds. The van der Waals surface area contributed by atoms with E-state index in [1.807, 2.05) is 0 Å². The minimum absolute atomic E-state index is 0.433. The molecule has 0 spiro atoms. The van der Waals surface area contributed by atoms with Gasteiger partial charge in [0.25, 0.3) is 0 Å². The van der Waals surface area contributed by atoms with Gasteiger partial charge in [0.05, 0.1) is 25.9 Å². The van der Waals surface area contributed by atoms with Gasteiger partial charge < -0.3 is 9.47 Å². The lowest BCUT2D eigenvalue weighted by Gasteiger charge is -2.31. The Kier molecular flexibility index (Phi) is 4.83. The molecule has 2 aliphatic rings. The Balaban J connectivity index is 1.68. The summed E-state index contributed by atoms with van der Waals surface area (Å²) < 4.78 is 11.4. The molecule has 17 heavy (non-hydrogen) atoms. The van der Waals surface area contributed by atoms with Gasteiger partial charge in [-0.1, -0.05) is 13.3 Å². The highest BCUT2D eigenvalue weighted by Crippen LogP contribution is 2.46. The first kappa shape index (κ1) is 13.3. The molecule has 2 rings (SSSR count). The van der Waals surface area contributed by atoms with E-state index >= 15 is 0 Å². The normalized spacial score (nSPS) is 25.8. The van der Waals surface area contributed by atoms with Gasteiger partial charge in [0.2, 0.25) is 0 Å². The van der Waals surface area contributed by atoms with Gasteiger partial charge in [-0.25, -0.2) is 0 Å². The standard InChI is InChI=1S/C14H27NO2/c1-3-4-13(2)17-12-14(5-6-14)11-15-7-9-16-10-8-15/h13H,3-12H2,1-2H3. The van der Waals surface area contributed by atoms with Crippen LogP contribution in [-0.4, -0.2) is 50.5 Å². The van der Waals surface area contributed by atoms with Crippen LogP contribution in [0.5, 0.6) is 0 Å². The van der Waals surface area contributed by atoms with E-state index in [1.165, 1.54) is 32.2 Å². The van der Waals surface area contributed by atoms with Crippen LogP contribution in [0.15, 0.2) is 0 Å². The highest BCUT2D eigenvalue weighted by atomic mass is 16.5. The summed E-state index contributed by atoms with van der Waals surface area (Å²) in [6, 6.07) is 0. The minimum Gasteiger partial charge on any atom is -0.379 e. The monoisotopic (exact) mass is 241 g/mol. The number of ether oxygens (including phenoxy) is 2. The van der Waals surface area contributed by atoms with Crippen molar-refractivity contribution < 1.29 is 9.47 Å². The maximum atomic E-state index is 5.99. The zero-order valence-corrected chi connectivity index (χ0v) is 11.4. The molecule has 0 radical (unpaired) electrons. The molecular formula is C14H27NO2. The molecular weight excluding hydrogens is 214 g/mol. The Morgan fingerprint density at radius 2 is 2.00 bits per heavy atom. The van der Waals surface area contributed by atoms with E-state index < -0.39 is 0 Å². The number of hydrogen-bond acceptors (Lipinski definition) is 3. The van der Waals surface area contributed by atoms with E-state index in [1.54, 1.807) is 0 Å². The van der Waals surface area contributed by atoms with Crippen LogP contribution in [-0.2, 0) is 9.47 Å². The van der Waals surface area contributed by atoms with Gasteiger partial charge in [-0.3, -0.25) is 4.90 Å². The maximum Gasteiger partial charge on any atom is 0.0594 e. The van der Waals surface area contributed by atoms with Crippen molar-refractivity contribution >= 4 is 0 Å². The Labute approximate surface area is 105 Å². The van der Waals surface area contributed by atoms with Crippen molar-refractivity contribution in [3.63, 3.8) is 0 Å². The third-order valence-corrected chi connectivity index (χ3v) is 3.99. The van der Waals surface area contributed by atoms with E-state index in [2.05, 4.69) is 18.7 Å². The molecule has 1 saturated heterocycles. The molecule has 2 fully saturated rings. The first-order valence-electron chi connectivity index (χ1n) is 7.16. The number of nitrogens with zero attached hydrogens (tertiary/aromatic N) is 1. The fourth-order valence-electron chi connectivity index (χ4n) is 2.57. The van der Waals surface area contributed by atoms with Crippen molar-refractivity contribution in [3.05, 3.63) is 0 Å². The summed E-state index contributed by atoms with van der Waals surface area (Å²) in [5.74, 6) is 0. The average Bonchev–Trinajstić information content (AvgIpc) is 3.09. The first-order valence-corrected chi connectivity index (χ1v) is 7.16. The highest BCUT2D eigenvalue weighted by molar-refractivity contribution is 4.96. The predicted molar refractivity (Wildman–Crippen MR) is 69.2 cm³/mol. The quantitative estimate of drug-likeness (QED) is 0.682. The maximum absolute atomic E-state index is 5.99. The third-order valence-electron chi connectivity index (χ3n) is 3.99. The molecule has 0 N–H and O–H groups in total. The summed E-state index contributed by atoms with van der Waals surface area (Å²) in [6.45, 7) is 10.6. The van der Waals surface area contributed by atoms with Crippen LogP contribution in [0.3, 0.4) is 0 Å². The molecule has 0 bridgehead atoms. The van der Waals surface area contributed by atoms with Gasteiger partial charge in [0.1, 0.15) is 0 Å². The van der Waals surface area contributed by atoms with Crippen molar-refractivity contribution in [1.29, 1.82) is 0 Å². The Hall–Kier alpha value is -0.120. The second-order valence-corrected chi connectivity index (χ2v) is 5.80. The molecule has 100 valence electrons. The van der Waals surface area contributed by atoms with Gasteiger partial charge in [-0.05, 0) is 26.2 Å². The summed E-state index contributed by atoms with van der Waals surface area (Å²) >= 11 is 0. The van der Waals surface area contributed by atoms with Crippen molar-refractivity contribution in [2.75, 3.05) is 39.5 Å². The Morgan fingerprint density at radius 3 is 2.59 bits per heavy atom. The van der Waals surface area contributed by atoms with Gasteiger partial charge in [0, 0.05) is 25.0 Å². The minimum atomic E-state index is 0.433. The van der Waals surface area contributed by atoms with Crippen LogP contribution < -0.4 is 0 Å². The summed E-state index contributed by atoms with van der Waals surface area (Å²) in [4.78, 5) is 2.55. The molecule has 3 heteroatoms. The van der Waals surface area contributed by atoms with Crippen molar-refractivity contribution in [2.45, 2.75) is 45.6 Å². The van der Waals surface area contributed by atoms with Crippen LogP contribution in [0.1, 0.15) is 39.5 Å². The summed E-state index contributed by atoms with van der Waals surface area (Å²) in [5, 5.41) is 0. The first-order chi connectivity index (χ1) is 8.24. The van der Waals surface area contributed by atoms with Crippen LogP contribution in [0.25, 0.3) is 0 Å². The molecule has 1 aliphatic heterocycles. The van der Waals surface area contributed by atoms with Crippen LogP contribution in [0, 0.1) is 5.41 Å². The summed E-state index contributed by atoms with van der Waals surface area (Å²) in [5.41, 5.74) is 0.485. The molecule has 1 saturated carbocycles. The van der Waals surface area contributed by atoms with Crippen LogP contribution in [0.4, 0.5) is 0 Å². The molecule has 1 atom stereocenters. The fraction of sp³-hybridized carbons (Fsp3) is 1.00. The lowest BCUT2D eigenvalue weighted by Crippen LogP contribution is -2.41. The van der Waals surface area contributed by atoms with Crippen molar-refractivity contribution in [3.8, 4) is 0 Å². The van der Waals surface area contributed by atoms with Gasteiger partial charge in [-0.2, -0.15) is 0 Å². The Bertz CT molecular complexity index is 222. The molecule has 1 heterocycles. The van der Waals surface area contributed by atoms with Crippen LogP contribution in [0.2, 0.25) is 0 Å². The van der Waals surface area contributed by atoms with Gasteiger partial charge in [-0.15, -0.1) is 0 Å². The second-order valence-electron chi connectivity index (χ2n) is 5.80. The number of hydrogen-bond donors (Lipinski definition) is 0. The molecule has 1 aliphatic carbocycles. The highest BCUT2D eigenvalue weighted by Gasteiger charge is 2.44. The summed E-state index contributed by atoms with van der Waals surface area (Å²) in [7, 11) is 0. The third kappa shape index (κ3) is 4.23. The van der Waals surface area contributed by atoms with Crippen LogP contribution >= 0.6 is 0 Å². The molecule has 0 aromatic heterocycles. The largest absolute Gasteiger partial charge is 0.379 e. The Morgan fingerprint density at radius 1 is 1.29 bits per heavy atom. The van der Waals surface area contributed by atoms with Crippen molar-refractivity contribution in [1.82, 2.24) is 4.90 Å². The fourth-order valence-corrected chi connectivity index (χ4v) is 2.57. The number of morpholine rings is 1. The van der Waals surface area contributed by atoms with E-state index in [0.717, 1.165) is 32.9 Å². The average molecular weight is 241 g/mol. The number of rotatable bonds is 7. The van der Waals surface area contributed by atoms with E-state index in [0.29, 0.717) is 11.5 Å². The van der Waals surface area contributed by atoms with E-state index in [4.69, 9.17) is 9.47 Å². The smallest absolute Gasteiger partial charge is 0.0594 e. The molecule has 0 aromatic rings. The lowest BCUT2D eigenvalue weighted by atomic mass is 10.1. The predicted octanol–water partition coefficient (Wildman–Crippen LogP) is 2.30. The topological polar surface area (TPSA) is 21.7 Å². The molecule has 0 aromatic carbocycles. The van der Waals surface area contributed by atoms with Gasteiger partial charge in [0.15, 0.2) is 0 Å². The van der Waals surface area contributed by atoms with E-state index in [9.17, 15) is 0 Å². The summed E-state index contributed by atoms with van der Waals surface area (Å²) in [6.07, 6.45) is 5.54. The molecule has 3 nitrogen and oxygen atoms in total. The lowest BCUT2D eigenvalue weighted by molar-refractivity contribution is -0.00567. The van der Waals surface area contributed by atoms with Crippen molar-refractivity contribution in [2.24, 2.45) is 5.41 Å². The second kappa shape index (κ2) is 6.17. The zero-order valence-electron chi connectivity index (χ0n) is 11.4. The van der Waals surface area contributed by atoms with Gasteiger partial charge >= 0.3 is 0 Å². The SMILES string of the molecule is CCCC(C)OCC1(CN2CCOCC2)CC1. The molecule has 1 unspecified atom stereocenters.